The lowest BCUT2D eigenvalue weighted by atomic mass is 10.1. The maximum absolute atomic E-state index is 5.99. The van der Waals surface area contributed by atoms with Gasteiger partial charge in [-0.2, -0.15) is 11.3 Å². The van der Waals surface area contributed by atoms with Crippen molar-refractivity contribution < 1.29 is 4.74 Å². The fourth-order valence-corrected chi connectivity index (χ4v) is 2.36. The molecule has 2 N–H and O–H groups in total. The van der Waals surface area contributed by atoms with E-state index in [1.807, 2.05) is 36.6 Å². The first-order valence-corrected chi connectivity index (χ1v) is 6.62. The molecule has 0 fully saturated rings. The Morgan fingerprint density at radius 2 is 1.88 bits per heavy atom. The number of thiophene rings is 1. The van der Waals surface area contributed by atoms with Crippen LogP contribution < -0.4 is 10.5 Å². The number of aryl methyl sites for hydroxylation is 1. The first kappa shape index (κ1) is 12.1. The Bertz CT molecular complexity index is 448. The van der Waals surface area contributed by atoms with Gasteiger partial charge in [0, 0.05) is 11.6 Å². The van der Waals surface area contributed by atoms with E-state index in [9.17, 15) is 0 Å². The molecular formula is C14H17NOS. The second-order valence-electron chi connectivity index (χ2n) is 4.27. The average molecular weight is 247 g/mol. The minimum atomic E-state index is -0.0797. The Hall–Kier alpha value is -1.32. The molecule has 0 amide bonds. The van der Waals surface area contributed by atoms with Crippen LogP contribution in [0, 0.1) is 6.92 Å². The predicted octanol–water partition coefficient (Wildman–Crippen LogP) is 3.52. The van der Waals surface area contributed by atoms with Crippen molar-refractivity contribution in [2.24, 2.45) is 5.73 Å². The summed E-state index contributed by atoms with van der Waals surface area (Å²) in [5, 5.41) is 4.13. The summed E-state index contributed by atoms with van der Waals surface area (Å²) < 4.78 is 5.96. The molecule has 0 aliphatic rings. The van der Waals surface area contributed by atoms with Crippen molar-refractivity contribution in [3.63, 3.8) is 0 Å². The number of nitrogens with two attached hydrogens (primary N) is 1. The number of hydrogen-bond acceptors (Lipinski definition) is 3. The Morgan fingerprint density at radius 1 is 1.18 bits per heavy atom. The van der Waals surface area contributed by atoms with Crippen molar-refractivity contribution in [3.8, 4) is 5.75 Å². The third kappa shape index (κ3) is 3.08. The molecule has 90 valence electrons. The van der Waals surface area contributed by atoms with Gasteiger partial charge in [0.1, 0.15) is 11.9 Å². The largest absolute Gasteiger partial charge is 0.484 e. The van der Waals surface area contributed by atoms with E-state index < -0.39 is 0 Å². The van der Waals surface area contributed by atoms with Crippen molar-refractivity contribution in [1.82, 2.24) is 0 Å². The molecule has 0 bridgehead atoms. The summed E-state index contributed by atoms with van der Waals surface area (Å²) in [7, 11) is 0. The number of benzene rings is 1. The highest BCUT2D eigenvalue weighted by molar-refractivity contribution is 7.07. The highest BCUT2D eigenvalue weighted by atomic mass is 32.1. The zero-order valence-corrected chi connectivity index (χ0v) is 10.9. The van der Waals surface area contributed by atoms with Crippen LogP contribution in [-0.4, -0.2) is 6.04 Å². The zero-order chi connectivity index (χ0) is 12.3. The van der Waals surface area contributed by atoms with Gasteiger partial charge in [0.05, 0.1) is 0 Å². The van der Waals surface area contributed by atoms with E-state index in [0.29, 0.717) is 0 Å². The average Bonchev–Trinajstić information content (AvgIpc) is 2.81. The van der Waals surface area contributed by atoms with E-state index in [1.165, 1.54) is 5.56 Å². The third-order valence-electron chi connectivity index (χ3n) is 2.63. The summed E-state index contributed by atoms with van der Waals surface area (Å²) in [4.78, 5) is 0. The van der Waals surface area contributed by atoms with Crippen molar-refractivity contribution >= 4 is 11.3 Å². The summed E-state index contributed by atoms with van der Waals surface area (Å²) >= 11 is 1.66. The third-order valence-corrected chi connectivity index (χ3v) is 3.33. The van der Waals surface area contributed by atoms with Gasteiger partial charge in [-0.25, -0.2) is 0 Å². The maximum atomic E-state index is 5.99. The van der Waals surface area contributed by atoms with Crippen molar-refractivity contribution in [3.05, 3.63) is 52.2 Å². The van der Waals surface area contributed by atoms with E-state index >= 15 is 0 Å². The monoisotopic (exact) mass is 247 g/mol. The van der Waals surface area contributed by atoms with Gasteiger partial charge in [0.2, 0.25) is 0 Å². The highest BCUT2D eigenvalue weighted by Crippen LogP contribution is 2.25. The van der Waals surface area contributed by atoms with Crippen molar-refractivity contribution in [1.29, 1.82) is 0 Å². The van der Waals surface area contributed by atoms with Gasteiger partial charge in [-0.15, -0.1) is 0 Å². The van der Waals surface area contributed by atoms with E-state index in [-0.39, 0.29) is 12.1 Å². The second-order valence-corrected chi connectivity index (χ2v) is 5.05. The van der Waals surface area contributed by atoms with Crippen LogP contribution in [0.25, 0.3) is 0 Å². The SMILES string of the molecule is Cc1ccc(OC(c2ccsc2)C(C)N)cc1. The van der Waals surface area contributed by atoms with Crippen molar-refractivity contribution in [2.45, 2.75) is 26.0 Å². The molecule has 1 heterocycles. The fraction of sp³-hybridized carbons (Fsp3) is 0.286. The standard InChI is InChI=1S/C14H17NOS/c1-10-3-5-13(6-4-10)16-14(11(2)15)12-7-8-17-9-12/h3-9,11,14H,15H2,1-2H3. The lowest BCUT2D eigenvalue weighted by Gasteiger charge is -2.21. The molecule has 2 aromatic rings. The molecule has 0 aliphatic carbocycles. The van der Waals surface area contributed by atoms with Crippen LogP contribution in [0.5, 0.6) is 5.75 Å². The summed E-state index contributed by atoms with van der Waals surface area (Å²) in [6, 6.07) is 10.1. The minimum absolute atomic E-state index is 0.0362. The molecule has 2 nitrogen and oxygen atoms in total. The molecule has 0 radical (unpaired) electrons. The first-order chi connectivity index (χ1) is 8.16. The summed E-state index contributed by atoms with van der Waals surface area (Å²) in [6.07, 6.45) is -0.0797. The van der Waals surface area contributed by atoms with Crippen LogP contribution >= 0.6 is 11.3 Å². The molecule has 2 rings (SSSR count). The van der Waals surface area contributed by atoms with Gasteiger partial charge < -0.3 is 10.5 Å². The normalized spacial score (nSPS) is 14.3. The molecule has 17 heavy (non-hydrogen) atoms. The summed E-state index contributed by atoms with van der Waals surface area (Å²) in [5.74, 6) is 0.865. The van der Waals surface area contributed by atoms with Gasteiger partial charge in [-0.3, -0.25) is 0 Å². The van der Waals surface area contributed by atoms with E-state index in [2.05, 4.69) is 18.4 Å². The van der Waals surface area contributed by atoms with Crippen LogP contribution in [0.1, 0.15) is 24.2 Å². The van der Waals surface area contributed by atoms with Gasteiger partial charge in [0.15, 0.2) is 0 Å². The van der Waals surface area contributed by atoms with E-state index in [0.717, 1.165) is 11.3 Å². The Morgan fingerprint density at radius 3 is 2.41 bits per heavy atom. The number of hydrogen-bond donors (Lipinski definition) is 1. The lowest BCUT2D eigenvalue weighted by molar-refractivity contribution is 0.181. The molecule has 0 saturated heterocycles. The van der Waals surface area contributed by atoms with E-state index in [1.54, 1.807) is 11.3 Å². The molecule has 0 aliphatic heterocycles. The number of ether oxygens (including phenoxy) is 1. The number of rotatable bonds is 4. The first-order valence-electron chi connectivity index (χ1n) is 5.68. The molecule has 2 atom stereocenters. The molecule has 0 spiro atoms. The van der Waals surface area contributed by atoms with Crippen LogP contribution in [0.3, 0.4) is 0 Å². The van der Waals surface area contributed by atoms with Gasteiger partial charge in [0.25, 0.3) is 0 Å². The summed E-state index contributed by atoms with van der Waals surface area (Å²) in [5.41, 5.74) is 8.36. The second kappa shape index (κ2) is 5.34. The molecule has 0 saturated carbocycles. The Kier molecular flexibility index (Phi) is 3.82. The van der Waals surface area contributed by atoms with Crippen LogP contribution in [0.4, 0.5) is 0 Å². The van der Waals surface area contributed by atoms with Gasteiger partial charge in [-0.1, -0.05) is 17.7 Å². The Balaban J connectivity index is 2.16. The van der Waals surface area contributed by atoms with Crippen molar-refractivity contribution in [2.75, 3.05) is 0 Å². The fourth-order valence-electron chi connectivity index (χ4n) is 1.68. The van der Waals surface area contributed by atoms with Crippen LogP contribution in [0.15, 0.2) is 41.1 Å². The zero-order valence-electron chi connectivity index (χ0n) is 10.1. The molecule has 2 unspecified atom stereocenters. The quantitative estimate of drug-likeness (QED) is 0.897. The summed E-state index contributed by atoms with van der Waals surface area (Å²) in [6.45, 7) is 4.03. The maximum Gasteiger partial charge on any atom is 0.139 e. The highest BCUT2D eigenvalue weighted by Gasteiger charge is 2.18. The lowest BCUT2D eigenvalue weighted by Crippen LogP contribution is -2.28. The molecular weight excluding hydrogens is 230 g/mol. The molecule has 1 aromatic heterocycles. The minimum Gasteiger partial charge on any atom is -0.484 e. The topological polar surface area (TPSA) is 35.2 Å². The van der Waals surface area contributed by atoms with Gasteiger partial charge >= 0.3 is 0 Å². The Labute approximate surface area is 106 Å². The predicted molar refractivity (Wildman–Crippen MR) is 72.5 cm³/mol. The van der Waals surface area contributed by atoms with Crippen LogP contribution in [-0.2, 0) is 0 Å². The molecule has 1 aromatic carbocycles. The van der Waals surface area contributed by atoms with E-state index in [4.69, 9.17) is 10.5 Å². The van der Waals surface area contributed by atoms with Crippen LogP contribution in [0.2, 0.25) is 0 Å². The van der Waals surface area contributed by atoms with Gasteiger partial charge in [-0.05, 0) is 42.8 Å². The smallest absolute Gasteiger partial charge is 0.139 e. The molecule has 3 heteroatoms.